The molecule has 0 radical (unpaired) electrons. The van der Waals surface area contributed by atoms with Crippen molar-refractivity contribution in [2.75, 3.05) is 34.5 Å². The van der Waals surface area contributed by atoms with Gasteiger partial charge in [0.2, 0.25) is 0 Å². The fraction of sp³-hybridized carbons (Fsp3) is 0.350. The van der Waals surface area contributed by atoms with Gasteiger partial charge in [-0.25, -0.2) is 0 Å². The number of methoxy groups -OCH3 is 3. The smallest absolute Gasteiger partial charge is 0.257 e. The standard InChI is InChI=1S/C20H25NO5/c1-23-16-7-4-8-17(13-16)26-14-20(22)21-11-5-6-15-9-10-18(24-2)19(12-15)25-3/h4,7-10,12-13H,5-6,11,14H2,1-3H3,(H,21,22). The number of amides is 1. The molecule has 26 heavy (non-hydrogen) atoms. The number of aryl methyl sites for hydroxylation is 1. The molecule has 2 aromatic rings. The molecule has 0 aromatic heterocycles. The highest BCUT2D eigenvalue weighted by Gasteiger charge is 2.06. The summed E-state index contributed by atoms with van der Waals surface area (Å²) < 4.78 is 21.1. The van der Waals surface area contributed by atoms with Gasteiger partial charge in [0.05, 0.1) is 21.3 Å². The van der Waals surface area contributed by atoms with Gasteiger partial charge in [0.15, 0.2) is 18.1 Å². The predicted molar refractivity (Wildman–Crippen MR) is 99.4 cm³/mol. The largest absolute Gasteiger partial charge is 0.497 e. The van der Waals surface area contributed by atoms with Crippen LogP contribution < -0.4 is 24.3 Å². The van der Waals surface area contributed by atoms with Crippen LogP contribution in [0.1, 0.15) is 12.0 Å². The fourth-order valence-electron chi connectivity index (χ4n) is 2.45. The quantitative estimate of drug-likeness (QED) is 0.661. The highest BCUT2D eigenvalue weighted by Crippen LogP contribution is 2.27. The Morgan fingerprint density at radius 2 is 1.69 bits per heavy atom. The highest BCUT2D eigenvalue weighted by atomic mass is 16.5. The highest BCUT2D eigenvalue weighted by molar-refractivity contribution is 5.77. The van der Waals surface area contributed by atoms with Crippen molar-refractivity contribution in [1.29, 1.82) is 0 Å². The minimum Gasteiger partial charge on any atom is -0.497 e. The van der Waals surface area contributed by atoms with Crippen molar-refractivity contribution in [2.45, 2.75) is 12.8 Å². The van der Waals surface area contributed by atoms with Gasteiger partial charge in [-0.1, -0.05) is 12.1 Å². The van der Waals surface area contributed by atoms with Crippen molar-refractivity contribution in [3.05, 3.63) is 48.0 Å². The third-order valence-corrected chi connectivity index (χ3v) is 3.82. The predicted octanol–water partition coefficient (Wildman–Crippen LogP) is 2.84. The molecule has 0 fully saturated rings. The molecular formula is C20H25NO5. The second kappa shape index (κ2) is 10.2. The topological polar surface area (TPSA) is 66.0 Å². The molecule has 0 spiro atoms. The molecule has 0 aliphatic rings. The van der Waals surface area contributed by atoms with Crippen LogP contribution in [0.15, 0.2) is 42.5 Å². The summed E-state index contributed by atoms with van der Waals surface area (Å²) in [6.45, 7) is 0.554. The van der Waals surface area contributed by atoms with Crippen LogP contribution in [-0.2, 0) is 11.2 Å². The maximum absolute atomic E-state index is 11.9. The van der Waals surface area contributed by atoms with Crippen LogP contribution in [0.3, 0.4) is 0 Å². The van der Waals surface area contributed by atoms with Gasteiger partial charge in [-0.3, -0.25) is 4.79 Å². The van der Waals surface area contributed by atoms with E-state index in [4.69, 9.17) is 18.9 Å². The van der Waals surface area contributed by atoms with Gasteiger partial charge >= 0.3 is 0 Å². The van der Waals surface area contributed by atoms with Gasteiger partial charge in [0.25, 0.3) is 5.91 Å². The Morgan fingerprint density at radius 3 is 2.42 bits per heavy atom. The van der Waals surface area contributed by atoms with Crippen molar-refractivity contribution in [3.63, 3.8) is 0 Å². The van der Waals surface area contributed by atoms with Crippen LogP contribution in [0.2, 0.25) is 0 Å². The van der Waals surface area contributed by atoms with Crippen molar-refractivity contribution in [3.8, 4) is 23.0 Å². The maximum Gasteiger partial charge on any atom is 0.257 e. The molecule has 6 nitrogen and oxygen atoms in total. The lowest BCUT2D eigenvalue weighted by molar-refractivity contribution is -0.123. The van der Waals surface area contributed by atoms with Gasteiger partial charge in [0.1, 0.15) is 11.5 Å². The van der Waals surface area contributed by atoms with Gasteiger partial charge in [-0.2, -0.15) is 0 Å². The molecule has 0 saturated carbocycles. The summed E-state index contributed by atoms with van der Waals surface area (Å²) in [5.74, 6) is 2.56. The fourth-order valence-corrected chi connectivity index (χ4v) is 2.45. The van der Waals surface area contributed by atoms with Crippen LogP contribution in [0, 0.1) is 0 Å². The summed E-state index contributed by atoms with van der Waals surface area (Å²) in [4.78, 5) is 11.9. The third kappa shape index (κ3) is 5.88. The zero-order chi connectivity index (χ0) is 18.8. The number of benzene rings is 2. The second-order valence-corrected chi connectivity index (χ2v) is 5.61. The summed E-state index contributed by atoms with van der Waals surface area (Å²) in [6, 6.07) is 13.0. The molecule has 1 N–H and O–H groups in total. The van der Waals surface area contributed by atoms with Crippen molar-refractivity contribution < 1.29 is 23.7 Å². The third-order valence-electron chi connectivity index (χ3n) is 3.82. The lowest BCUT2D eigenvalue weighted by Crippen LogP contribution is -2.29. The molecule has 6 heteroatoms. The van der Waals surface area contributed by atoms with E-state index in [0.29, 0.717) is 29.5 Å². The molecule has 0 bridgehead atoms. The minimum atomic E-state index is -0.153. The molecule has 2 rings (SSSR count). The first-order chi connectivity index (χ1) is 12.7. The Balaban J connectivity index is 1.70. The minimum absolute atomic E-state index is 0.0243. The van der Waals surface area contributed by atoms with Gasteiger partial charge in [-0.05, 0) is 42.7 Å². The van der Waals surface area contributed by atoms with Crippen molar-refractivity contribution >= 4 is 5.91 Å². The SMILES string of the molecule is COc1cccc(OCC(=O)NCCCc2ccc(OC)c(OC)c2)c1. The zero-order valence-electron chi connectivity index (χ0n) is 15.4. The van der Waals surface area contributed by atoms with Crippen LogP contribution >= 0.6 is 0 Å². The molecule has 0 unspecified atom stereocenters. The van der Waals surface area contributed by atoms with Gasteiger partial charge < -0.3 is 24.3 Å². The lowest BCUT2D eigenvalue weighted by atomic mass is 10.1. The lowest BCUT2D eigenvalue weighted by Gasteiger charge is -2.10. The zero-order valence-corrected chi connectivity index (χ0v) is 15.4. The Morgan fingerprint density at radius 1 is 0.923 bits per heavy atom. The normalized spacial score (nSPS) is 10.1. The monoisotopic (exact) mass is 359 g/mol. The Labute approximate surface area is 154 Å². The molecule has 1 amide bonds. The molecule has 0 aliphatic heterocycles. The van der Waals surface area contributed by atoms with Crippen LogP contribution in [-0.4, -0.2) is 40.4 Å². The Hall–Kier alpha value is -2.89. The van der Waals surface area contributed by atoms with E-state index < -0.39 is 0 Å². The average Bonchev–Trinajstić information content (AvgIpc) is 2.69. The molecular weight excluding hydrogens is 334 g/mol. The van der Waals surface area contributed by atoms with E-state index in [1.807, 2.05) is 30.3 Å². The van der Waals surface area contributed by atoms with Crippen LogP contribution in [0.5, 0.6) is 23.0 Å². The first-order valence-electron chi connectivity index (χ1n) is 8.40. The summed E-state index contributed by atoms with van der Waals surface area (Å²) in [6.07, 6.45) is 1.65. The van der Waals surface area contributed by atoms with E-state index in [9.17, 15) is 4.79 Å². The van der Waals surface area contributed by atoms with E-state index in [1.54, 1.807) is 33.5 Å². The van der Waals surface area contributed by atoms with E-state index in [0.717, 1.165) is 18.4 Å². The summed E-state index contributed by atoms with van der Waals surface area (Å²) in [5.41, 5.74) is 1.13. The van der Waals surface area contributed by atoms with E-state index in [1.165, 1.54) is 0 Å². The first-order valence-corrected chi connectivity index (χ1v) is 8.40. The number of hydrogen-bond acceptors (Lipinski definition) is 5. The van der Waals surface area contributed by atoms with E-state index >= 15 is 0 Å². The molecule has 0 heterocycles. The van der Waals surface area contributed by atoms with E-state index in [-0.39, 0.29) is 12.5 Å². The number of hydrogen-bond donors (Lipinski definition) is 1. The Bertz CT molecular complexity index is 717. The summed E-state index contributed by atoms with van der Waals surface area (Å²) in [7, 11) is 4.81. The molecule has 2 aromatic carbocycles. The maximum atomic E-state index is 11.9. The van der Waals surface area contributed by atoms with Crippen molar-refractivity contribution in [2.24, 2.45) is 0 Å². The summed E-state index contributed by atoms with van der Waals surface area (Å²) in [5, 5.41) is 2.85. The molecule has 0 atom stereocenters. The first kappa shape index (κ1) is 19.4. The van der Waals surface area contributed by atoms with Gasteiger partial charge in [0, 0.05) is 12.6 Å². The molecule has 140 valence electrons. The number of carbonyl (C=O) groups excluding carboxylic acids is 1. The number of carbonyl (C=O) groups is 1. The van der Waals surface area contributed by atoms with Crippen LogP contribution in [0.4, 0.5) is 0 Å². The van der Waals surface area contributed by atoms with E-state index in [2.05, 4.69) is 5.32 Å². The number of rotatable bonds is 10. The second-order valence-electron chi connectivity index (χ2n) is 5.61. The molecule has 0 saturated heterocycles. The number of nitrogens with one attached hydrogen (secondary N) is 1. The summed E-state index contributed by atoms with van der Waals surface area (Å²) >= 11 is 0. The van der Waals surface area contributed by atoms with Gasteiger partial charge in [-0.15, -0.1) is 0 Å². The molecule has 0 aliphatic carbocycles. The number of ether oxygens (including phenoxy) is 4. The average molecular weight is 359 g/mol. The van der Waals surface area contributed by atoms with Crippen molar-refractivity contribution in [1.82, 2.24) is 5.32 Å². The van der Waals surface area contributed by atoms with Crippen LogP contribution in [0.25, 0.3) is 0 Å². The Kier molecular flexibility index (Phi) is 7.61.